The van der Waals surface area contributed by atoms with Crippen molar-refractivity contribution in [3.05, 3.63) is 32.7 Å². The third-order valence-electron chi connectivity index (χ3n) is 3.37. The Kier molecular flexibility index (Phi) is 6.15. The van der Waals surface area contributed by atoms with Gasteiger partial charge in [-0.3, -0.25) is 0 Å². The molecule has 1 aliphatic heterocycles. The predicted molar refractivity (Wildman–Crippen MR) is 83.8 cm³/mol. The second kappa shape index (κ2) is 7.63. The van der Waals surface area contributed by atoms with Gasteiger partial charge in [-0.15, -0.1) is 0 Å². The molecule has 0 aliphatic carbocycles. The summed E-state index contributed by atoms with van der Waals surface area (Å²) in [7, 11) is 0. The first-order chi connectivity index (χ1) is 8.75. The molecule has 0 bridgehead atoms. The van der Waals surface area contributed by atoms with Gasteiger partial charge in [0.15, 0.2) is 0 Å². The van der Waals surface area contributed by atoms with Crippen LogP contribution in [0.2, 0.25) is 0 Å². The number of hydrogen-bond donors (Lipinski definition) is 1. The van der Waals surface area contributed by atoms with Crippen molar-refractivity contribution < 1.29 is 0 Å². The van der Waals surface area contributed by atoms with Gasteiger partial charge >= 0.3 is 0 Å². The van der Waals surface area contributed by atoms with Crippen LogP contribution in [0.3, 0.4) is 0 Å². The standard InChI is InChI=1S/C14H20Br2N2/c15-13-5-4-12(10-14(13)16)11-17-6-9-18-7-2-1-3-8-18/h4-5,10,17H,1-3,6-9,11H2. The maximum absolute atomic E-state index is 3.53. The highest BCUT2D eigenvalue weighted by molar-refractivity contribution is 9.13. The van der Waals surface area contributed by atoms with E-state index in [1.807, 2.05) is 0 Å². The molecule has 0 atom stereocenters. The molecule has 0 amide bonds. The van der Waals surface area contributed by atoms with Crippen LogP contribution in [0.25, 0.3) is 0 Å². The van der Waals surface area contributed by atoms with Crippen molar-refractivity contribution in [1.82, 2.24) is 10.2 Å². The number of rotatable bonds is 5. The minimum Gasteiger partial charge on any atom is -0.311 e. The van der Waals surface area contributed by atoms with Crippen LogP contribution in [-0.2, 0) is 6.54 Å². The van der Waals surface area contributed by atoms with E-state index in [4.69, 9.17) is 0 Å². The molecule has 100 valence electrons. The van der Waals surface area contributed by atoms with Gasteiger partial charge in [0.05, 0.1) is 0 Å². The Morgan fingerprint density at radius 1 is 1.06 bits per heavy atom. The molecule has 18 heavy (non-hydrogen) atoms. The molecule has 2 rings (SSSR count). The molecule has 1 fully saturated rings. The topological polar surface area (TPSA) is 15.3 Å². The van der Waals surface area contributed by atoms with E-state index in [-0.39, 0.29) is 0 Å². The van der Waals surface area contributed by atoms with Gasteiger partial charge in [-0.25, -0.2) is 0 Å². The normalized spacial score (nSPS) is 17.0. The molecule has 2 nitrogen and oxygen atoms in total. The Morgan fingerprint density at radius 3 is 2.56 bits per heavy atom. The van der Waals surface area contributed by atoms with E-state index in [9.17, 15) is 0 Å². The lowest BCUT2D eigenvalue weighted by atomic mass is 10.1. The highest BCUT2D eigenvalue weighted by atomic mass is 79.9. The number of piperidine rings is 1. The van der Waals surface area contributed by atoms with Gasteiger partial charge in [-0.05, 0) is 75.5 Å². The van der Waals surface area contributed by atoms with Gasteiger partial charge in [-0.2, -0.15) is 0 Å². The minimum absolute atomic E-state index is 0.944. The fourth-order valence-electron chi connectivity index (χ4n) is 2.30. The molecule has 1 saturated heterocycles. The Morgan fingerprint density at radius 2 is 1.83 bits per heavy atom. The van der Waals surface area contributed by atoms with Crippen LogP contribution >= 0.6 is 31.9 Å². The Bertz CT molecular complexity index is 376. The summed E-state index contributed by atoms with van der Waals surface area (Å²) in [5, 5.41) is 3.52. The van der Waals surface area contributed by atoms with Gasteiger partial charge in [0.2, 0.25) is 0 Å². The number of nitrogens with one attached hydrogen (secondary N) is 1. The molecule has 0 saturated carbocycles. The average molecular weight is 376 g/mol. The smallest absolute Gasteiger partial charge is 0.0320 e. The van der Waals surface area contributed by atoms with Crippen LogP contribution in [0.5, 0.6) is 0 Å². The summed E-state index contributed by atoms with van der Waals surface area (Å²) in [6.07, 6.45) is 4.16. The molecule has 0 unspecified atom stereocenters. The summed E-state index contributed by atoms with van der Waals surface area (Å²) < 4.78 is 2.23. The average Bonchev–Trinajstić information content (AvgIpc) is 2.40. The van der Waals surface area contributed by atoms with Crippen molar-refractivity contribution in [3.63, 3.8) is 0 Å². The molecular weight excluding hydrogens is 356 g/mol. The van der Waals surface area contributed by atoms with Gasteiger partial charge in [0.25, 0.3) is 0 Å². The summed E-state index contributed by atoms with van der Waals surface area (Å²) in [6.45, 7) is 5.77. The third kappa shape index (κ3) is 4.65. The Hall–Kier alpha value is 0.1000. The number of nitrogens with zero attached hydrogens (tertiary/aromatic N) is 1. The van der Waals surface area contributed by atoms with E-state index in [0.717, 1.165) is 22.0 Å². The van der Waals surface area contributed by atoms with Crippen molar-refractivity contribution >= 4 is 31.9 Å². The predicted octanol–water partition coefficient (Wildman–Crippen LogP) is 3.79. The highest BCUT2D eigenvalue weighted by Gasteiger charge is 2.08. The molecule has 0 aromatic heterocycles. The molecule has 0 radical (unpaired) electrons. The number of hydrogen-bond acceptors (Lipinski definition) is 2. The lowest BCUT2D eigenvalue weighted by molar-refractivity contribution is 0.229. The van der Waals surface area contributed by atoms with Crippen LogP contribution in [0, 0.1) is 0 Å². The first-order valence-electron chi connectivity index (χ1n) is 6.63. The van der Waals surface area contributed by atoms with E-state index in [1.165, 1.54) is 44.5 Å². The zero-order valence-electron chi connectivity index (χ0n) is 10.6. The zero-order chi connectivity index (χ0) is 12.8. The van der Waals surface area contributed by atoms with Crippen LogP contribution in [0.1, 0.15) is 24.8 Å². The van der Waals surface area contributed by atoms with E-state index in [2.05, 4.69) is 60.3 Å². The van der Waals surface area contributed by atoms with E-state index < -0.39 is 0 Å². The largest absolute Gasteiger partial charge is 0.311 e. The first kappa shape index (κ1) is 14.5. The summed E-state index contributed by atoms with van der Waals surface area (Å²) in [5.74, 6) is 0. The second-order valence-corrected chi connectivity index (χ2v) is 6.54. The van der Waals surface area contributed by atoms with Crippen LogP contribution in [-0.4, -0.2) is 31.1 Å². The van der Waals surface area contributed by atoms with E-state index in [0.29, 0.717) is 0 Å². The first-order valence-corrected chi connectivity index (χ1v) is 8.21. The van der Waals surface area contributed by atoms with Crippen LogP contribution in [0.15, 0.2) is 27.1 Å². The van der Waals surface area contributed by atoms with Crippen molar-refractivity contribution in [1.29, 1.82) is 0 Å². The molecule has 0 spiro atoms. The fourth-order valence-corrected chi connectivity index (χ4v) is 2.98. The molecule has 1 aromatic rings. The zero-order valence-corrected chi connectivity index (χ0v) is 13.8. The summed E-state index contributed by atoms with van der Waals surface area (Å²) in [6, 6.07) is 6.41. The number of likely N-dealkylation sites (tertiary alicyclic amines) is 1. The SMILES string of the molecule is Brc1ccc(CNCCN2CCCCC2)cc1Br. The van der Waals surface area contributed by atoms with E-state index >= 15 is 0 Å². The van der Waals surface area contributed by atoms with Crippen molar-refractivity contribution in [3.8, 4) is 0 Å². The molecule has 1 N–H and O–H groups in total. The van der Waals surface area contributed by atoms with Gasteiger partial charge in [-0.1, -0.05) is 12.5 Å². The quantitative estimate of drug-likeness (QED) is 0.787. The third-order valence-corrected chi connectivity index (χ3v) is 5.25. The van der Waals surface area contributed by atoms with Gasteiger partial charge in [0, 0.05) is 28.6 Å². The molecule has 1 aromatic carbocycles. The molecule has 1 heterocycles. The van der Waals surface area contributed by atoms with Crippen molar-refractivity contribution in [2.75, 3.05) is 26.2 Å². The molecule has 4 heteroatoms. The van der Waals surface area contributed by atoms with Crippen molar-refractivity contribution in [2.45, 2.75) is 25.8 Å². The lowest BCUT2D eigenvalue weighted by Gasteiger charge is -2.26. The Balaban J connectivity index is 1.66. The minimum atomic E-state index is 0.944. The lowest BCUT2D eigenvalue weighted by Crippen LogP contribution is -2.35. The van der Waals surface area contributed by atoms with Gasteiger partial charge in [0.1, 0.15) is 0 Å². The second-order valence-electron chi connectivity index (χ2n) is 4.83. The maximum atomic E-state index is 3.53. The summed E-state index contributed by atoms with van der Waals surface area (Å²) in [4.78, 5) is 2.56. The maximum Gasteiger partial charge on any atom is 0.0320 e. The molecular formula is C14H20Br2N2. The monoisotopic (exact) mass is 374 g/mol. The van der Waals surface area contributed by atoms with E-state index in [1.54, 1.807) is 0 Å². The number of benzene rings is 1. The van der Waals surface area contributed by atoms with Gasteiger partial charge < -0.3 is 10.2 Å². The van der Waals surface area contributed by atoms with Crippen LogP contribution in [0.4, 0.5) is 0 Å². The summed E-state index contributed by atoms with van der Waals surface area (Å²) >= 11 is 7.02. The highest BCUT2D eigenvalue weighted by Crippen LogP contribution is 2.23. The number of halogens is 2. The van der Waals surface area contributed by atoms with Crippen LogP contribution < -0.4 is 5.32 Å². The Labute approximate surface area is 126 Å². The van der Waals surface area contributed by atoms with Crippen molar-refractivity contribution in [2.24, 2.45) is 0 Å². The summed E-state index contributed by atoms with van der Waals surface area (Å²) in [5.41, 5.74) is 1.32. The molecule has 1 aliphatic rings. The fraction of sp³-hybridized carbons (Fsp3) is 0.571.